The van der Waals surface area contributed by atoms with E-state index in [1.807, 2.05) is 0 Å². The molecule has 1 aromatic heterocycles. The van der Waals surface area contributed by atoms with Crippen molar-refractivity contribution in [3.05, 3.63) is 15.3 Å². The molecule has 8 heteroatoms. The molecule has 0 saturated carbocycles. The molecule has 0 bridgehead atoms. The Morgan fingerprint density at radius 1 is 1.47 bits per heavy atom. The van der Waals surface area contributed by atoms with E-state index in [1.165, 1.54) is 0 Å². The van der Waals surface area contributed by atoms with E-state index in [4.69, 9.17) is 11.5 Å². The molecule has 0 unspecified atom stereocenters. The van der Waals surface area contributed by atoms with Gasteiger partial charge >= 0.3 is 6.36 Å². The Kier molecular flexibility index (Phi) is 3.60. The third-order valence-electron chi connectivity index (χ3n) is 1.51. The standard InChI is InChI=1S/C7H7F3IN3O/c8-7(9,10)15-6-3(1-12)5(11)4(13)2-14-6/h2H,1,12-13H2. The first-order valence-electron chi connectivity index (χ1n) is 3.74. The molecule has 1 rings (SSSR count). The fourth-order valence-corrected chi connectivity index (χ4v) is 1.50. The van der Waals surface area contributed by atoms with Gasteiger partial charge in [0.15, 0.2) is 0 Å². The second-order valence-corrected chi connectivity index (χ2v) is 3.64. The summed E-state index contributed by atoms with van der Waals surface area (Å²) in [4.78, 5) is 3.44. The number of nitrogen functional groups attached to an aromatic ring is 1. The van der Waals surface area contributed by atoms with Crippen LogP contribution in [0.1, 0.15) is 5.56 Å². The molecule has 0 aliphatic carbocycles. The number of halogens is 4. The minimum Gasteiger partial charge on any atom is -0.397 e. The van der Waals surface area contributed by atoms with Gasteiger partial charge in [0, 0.05) is 15.7 Å². The highest BCUT2D eigenvalue weighted by molar-refractivity contribution is 14.1. The highest BCUT2D eigenvalue weighted by atomic mass is 127. The van der Waals surface area contributed by atoms with E-state index in [-0.39, 0.29) is 17.8 Å². The summed E-state index contributed by atoms with van der Waals surface area (Å²) in [7, 11) is 0. The summed E-state index contributed by atoms with van der Waals surface area (Å²) in [6.45, 7) is -0.123. The normalized spacial score (nSPS) is 11.5. The number of nitrogens with zero attached hydrogens (tertiary/aromatic N) is 1. The van der Waals surface area contributed by atoms with Crippen LogP contribution in [0, 0.1) is 3.57 Å². The predicted molar refractivity (Wildman–Crippen MR) is 55.9 cm³/mol. The lowest BCUT2D eigenvalue weighted by Gasteiger charge is -2.13. The summed E-state index contributed by atoms with van der Waals surface area (Å²) in [6, 6.07) is 0. The van der Waals surface area contributed by atoms with E-state index in [9.17, 15) is 13.2 Å². The number of hydrogen-bond acceptors (Lipinski definition) is 4. The summed E-state index contributed by atoms with van der Waals surface area (Å²) in [5, 5.41) is 0. The molecular weight excluding hydrogens is 326 g/mol. The van der Waals surface area contributed by atoms with Crippen molar-refractivity contribution in [2.24, 2.45) is 5.73 Å². The molecule has 84 valence electrons. The van der Waals surface area contributed by atoms with Gasteiger partial charge in [0.25, 0.3) is 0 Å². The zero-order valence-electron chi connectivity index (χ0n) is 7.31. The number of anilines is 1. The Morgan fingerprint density at radius 2 is 2.07 bits per heavy atom. The van der Waals surface area contributed by atoms with Crippen LogP contribution in [0.25, 0.3) is 0 Å². The van der Waals surface area contributed by atoms with Crippen LogP contribution in [0.5, 0.6) is 5.88 Å². The maximum Gasteiger partial charge on any atom is 0.574 e. The van der Waals surface area contributed by atoms with Gasteiger partial charge in [-0.1, -0.05) is 0 Å². The zero-order chi connectivity index (χ0) is 11.6. The molecule has 0 amide bonds. The minimum absolute atomic E-state index is 0.123. The Morgan fingerprint density at radius 3 is 2.53 bits per heavy atom. The maximum atomic E-state index is 12.0. The van der Waals surface area contributed by atoms with Gasteiger partial charge in [0.2, 0.25) is 5.88 Å². The molecule has 4 N–H and O–H groups in total. The van der Waals surface area contributed by atoms with Crippen LogP contribution >= 0.6 is 22.6 Å². The lowest BCUT2D eigenvalue weighted by Crippen LogP contribution is -2.20. The van der Waals surface area contributed by atoms with Crippen molar-refractivity contribution in [3.63, 3.8) is 0 Å². The van der Waals surface area contributed by atoms with Gasteiger partial charge in [-0.15, -0.1) is 13.2 Å². The third-order valence-corrected chi connectivity index (χ3v) is 2.79. The molecule has 0 atom stereocenters. The van der Waals surface area contributed by atoms with E-state index < -0.39 is 12.2 Å². The maximum absolute atomic E-state index is 12.0. The first kappa shape index (κ1) is 12.3. The Balaban J connectivity index is 3.14. The quantitative estimate of drug-likeness (QED) is 0.807. The van der Waals surface area contributed by atoms with Crippen molar-refractivity contribution in [3.8, 4) is 5.88 Å². The largest absolute Gasteiger partial charge is 0.574 e. The van der Waals surface area contributed by atoms with Crippen LogP contribution in [-0.4, -0.2) is 11.3 Å². The van der Waals surface area contributed by atoms with E-state index in [0.717, 1.165) is 6.20 Å². The summed E-state index contributed by atoms with van der Waals surface area (Å²) in [5.41, 5.74) is 11.2. The smallest absolute Gasteiger partial charge is 0.397 e. The Bertz CT molecular complexity index is 369. The topological polar surface area (TPSA) is 74.2 Å². The molecule has 0 spiro atoms. The predicted octanol–water partition coefficient (Wildman–Crippen LogP) is 1.63. The van der Waals surface area contributed by atoms with Gasteiger partial charge in [0.1, 0.15) is 0 Å². The minimum atomic E-state index is -4.78. The van der Waals surface area contributed by atoms with E-state index >= 15 is 0 Å². The van der Waals surface area contributed by atoms with Gasteiger partial charge in [-0.25, -0.2) is 4.98 Å². The van der Waals surface area contributed by atoms with E-state index in [2.05, 4.69) is 9.72 Å². The van der Waals surface area contributed by atoms with Crippen LogP contribution in [0.15, 0.2) is 6.20 Å². The highest BCUT2D eigenvalue weighted by Crippen LogP contribution is 2.29. The Hall–Kier alpha value is -0.770. The van der Waals surface area contributed by atoms with Crippen molar-refractivity contribution in [2.75, 3.05) is 5.73 Å². The van der Waals surface area contributed by atoms with Gasteiger partial charge < -0.3 is 16.2 Å². The van der Waals surface area contributed by atoms with Gasteiger partial charge in [-0.05, 0) is 22.6 Å². The molecule has 0 aromatic carbocycles. The third kappa shape index (κ3) is 3.09. The first-order valence-corrected chi connectivity index (χ1v) is 4.81. The van der Waals surface area contributed by atoms with Gasteiger partial charge in [0.05, 0.1) is 11.9 Å². The van der Waals surface area contributed by atoms with Crippen LogP contribution in [0.3, 0.4) is 0 Å². The fourth-order valence-electron chi connectivity index (χ4n) is 0.905. The van der Waals surface area contributed by atoms with Crippen LogP contribution in [-0.2, 0) is 6.54 Å². The van der Waals surface area contributed by atoms with Crippen LogP contribution in [0.2, 0.25) is 0 Å². The molecule has 15 heavy (non-hydrogen) atoms. The van der Waals surface area contributed by atoms with Crippen LogP contribution < -0.4 is 16.2 Å². The number of rotatable bonds is 2. The summed E-state index contributed by atoms with van der Waals surface area (Å²) >= 11 is 1.79. The number of ether oxygens (including phenoxy) is 1. The second kappa shape index (κ2) is 4.39. The molecule has 1 heterocycles. The monoisotopic (exact) mass is 333 g/mol. The zero-order valence-corrected chi connectivity index (χ0v) is 9.46. The molecule has 1 aromatic rings. The second-order valence-electron chi connectivity index (χ2n) is 2.56. The SMILES string of the molecule is NCc1c(OC(F)(F)F)ncc(N)c1I. The summed E-state index contributed by atoms with van der Waals surface area (Å²) in [5.74, 6) is -0.552. The lowest BCUT2D eigenvalue weighted by molar-refractivity contribution is -0.276. The van der Waals surface area contributed by atoms with Crippen molar-refractivity contribution in [1.82, 2.24) is 4.98 Å². The number of nitrogens with two attached hydrogens (primary N) is 2. The number of pyridine rings is 1. The van der Waals surface area contributed by atoms with Crippen molar-refractivity contribution in [2.45, 2.75) is 12.9 Å². The molecule has 4 nitrogen and oxygen atoms in total. The Labute approximate surface area is 96.9 Å². The first-order chi connectivity index (χ1) is 6.85. The highest BCUT2D eigenvalue weighted by Gasteiger charge is 2.33. The van der Waals surface area contributed by atoms with E-state index in [1.54, 1.807) is 22.6 Å². The lowest BCUT2D eigenvalue weighted by atomic mass is 10.2. The molecular formula is C7H7F3IN3O. The van der Waals surface area contributed by atoms with Crippen molar-refractivity contribution in [1.29, 1.82) is 0 Å². The number of hydrogen-bond donors (Lipinski definition) is 2. The summed E-state index contributed by atoms with van der Waals surface area (Å²) in [6.07, 6.45) is -3.68. The molecule has 0 aliphatic rings. The van der Waals surface area contributed by atoms with Crippen LogP contribution in [0.4, 0.5) is 18.9 Å². The molecule has 0 aliphatic heterocycles. The average molecular weight is 333 g/mol. The summed E-state index contributed by atoms with van der Waals surface area (Å²) < 4.78 is 40.0. The van der Waals surface area contributed by atoms with Gasteiger partial charge in [-0.3, -0.25) is 0 Å². The van der Waals surface area contributed by atoms with Crippen molar-refractivity contribution < 1.29 is 17.9 Å². The fraction of sp³-hybridized carbons (Fsp3) is 0.286. The molecule has 0 radical (unpaired) electrons. The van der Waals surface area contributed by atoms with Gasteiger partial charge in [-0.2, -0.15) is 0 Å². The number of alkyl halides is 3. The molecule has 0 saturated heterocycles. The molecule has 0 fully saturated rings. The number of aromatic nitrogens is 1. The van der Waals surface area contributed by atoms with E-state index in [0.29, 0.717) is 3.57 Å². The average Bonchev–Trinajstić information content (AvgIpc) is 2.10. The van der Waals surface area contributed by atoms with Crippen molar-refractivity contribution >= 4 is 28.3 Å².